The largest absolute Gasteiger partial charge is 0.416 e. The highest BCUT2D eigenvalue weighted by Crippen LogP contribution is 2.30. The molecule has 2 aliphatic heterocycles. The molecule has 0 bridgehead atoms. The molecular weight excluding hydrogens is 521 g/mol. The number of benzene rings is 1. The average molecular weight is 549 g/mol. The molecular formula is C23H28ClF3N4O4S. The summed E-state index contributed by atoms with van der Waals surface area (Å²) in [6.07, 6.45) is -2.99. The number of piperazine rings is 1. The van der Waals surface area contributed by atoms with Gasteiger partial charge in [0.05, 0.1) is 29.2 Å². The predicted octanol–water partition coefficient (Wildman–Crippen LogP) is 3.20. The van der Waals surface area contributed by atoms with Crippen molar-refractivity contribution >= 4 is 34.2 Å². The maximum absolute atomic E-state index is 13.3. The number of ether oxygens (including phenoxy) is 1. The van der Waals surface area contributed by atoms with Gasteiger partial charge in [0.15, 0.2) is 0 Å². The molecule has 0 radical (unpaired) electrons. The molecule has 2 aromatic rings. The molecule has 1 aromatic carbocycles. The number of nitrogens with zero attached hydrogens (tertiary/aromatic N) is 4. The lowest BCUT2D eigenvalue weighted by atomic mass is 10.1. The molecule has 2 aliphatic rings. The number of aromatic nitrogens is 1. The average Bonchev–Trinajstić information content (AvgIpc) is 2.83. The van der Waals surface area contributed by atoms with E-state index < -0.39 is 27.8 Å². The molecule has 1 amide bonds. The number of carbonyl (C=O) groups is 1. The number of halogens is 4. The Morgan fingerprint density at radius 1 is 1.08 bits per heavy atom. The Labute approximate surface area is 214 Å². The molecule has 4 rings (SSSR count). The van der Waals surface area contributed by atoms with Crippen LogP contribution in [0.5, 0.6) is 0 Å². The molecule has 2 saturated heterocycles. The van der Waals surface area contributed by atoms with Gasteiger partial charge in [0, 0.05) is 45.0 Å². The van der Waals surface area contributed by atoms with Crippen molar-refractivity contribution in [3.63, 3.8) is 0 Å². The first-order valence-corrected chi connectivity index (χ1v) is 12.7. The zero-order chi connectivity index (χ0) is 25.4. The van der Waals surface area contributed by atoms with E-state index in [4.69, 9.17) is 4.74 Å². The van der Waals surface area contributed by atoms with Gasteiger partial charge < -0.3 is 14.5 Å². The fourth-order valence-electron chi connectivity index (χ4n) is 4.29. The molecule has 1 atom stereocenters. The molecule has 3 heterocycles. The first kappa shape index (κ1) is 28.2. The van der Waals surface area contributed by atoms with E-state index in [9.17, 15) is 26.4 Å². The molecule has 0 unspecified atom stereocenters. The Morgan fingerprint density at radius 2 is 1.72 bits per heavy atom. The van der Waals surface area contributed by atoms with Crippen molar-refractivity contribution in [1.29, 1.82) is 0 Å². The van der Waals surface area contributed by atoms with Crippen LogP contribution in [-0.2, 0) is 20.9 Å². The lowest BCUT2D eigenvalue weighted by molar-refractivity contribution is -0.137. The lowest BCUT2D eigenvalue weighted by Gasteiger charge is -2.39. The van der Waals surface area contributed by atoms with E-state index in [1.54, 1.807) is 18.0 Å². The normalized spacial score (nSPS) is 19.6. The first-order valence-electron chi connectivity index (χ1n) is 11.3. The van der Waals surface area contributed by atoms with Crippen molar-refractivity contribution in [3.8, 4) is 0 Å². The highest BCUT2D eigenvalue weighted by Gasteiger charge is 2.36. The van der Waals surface area contributed by atoms with Gasteiger partial charge in [-0.25, -0.2) is 13.4 Å². The third kappa shape index (κ3) is 5.77. The predicted molar refractivity (Wildman–Crippen MR) is 130 cm³/mol. The van der Waals surface area contributed by atoms with Crippen LogP contribution >= 0.6 is 12.4 Å². The molecule has 0 N–H and O–H groups in total. The Morgan fingerprint density at radius 3 is 2.28 bits per heavy atom. The van der Waals surface area contributed by atoms with Crippen molar-refractivity contribution in [3.05, 3.63) is 53.2 Å². The van der Waals surface area contributed by atoms with Crippen LogP contribution in [-0.4, -0.2) is 80.5 Å². The number of carbonyl (C=O) groups excluding carboxylic acids is 1. The second-order valence-corrected chi connectivity index (χ2v) is 10.6. The molecule has 13 heteroatoms. The van der Waals surface area contributed by atoms with Crippen LogP contribution in [0.3, 0.4) is 0 Å². The number of aryl methyl sites for hydroxylation is 1. The molecule has 198 valence electrons. The number of sulfonamides is 1. The molecule has 1 aromatic heterocycles. The van der Waals surface area contributed by atoms with Crippen LogP contribution in [0.1, 0.15) is 28.4 Å². The molecule has 2 fully saturated rings. The third-order valence-electron chi connectivity index (χ3n) is 6.33. The number of amides is 1. The summed E-state index contributed by atoms with van der Waals surface area (Å²) in [5.41, 5.74) is 0.315. The summed E-state index contributed by atoms with van der Waals surface area (Å²) in [4.78, 5) is 21.2. The molecule has 36 heavy (non-hydrogen) atoms. The SMILES string of the molecule is Cc1cc(N2CCOCC2)ncc1C(=O)N1CCN(S(=O)(=O)c2ccc(C(F)(F)F)cc2)C[C@@H]1C.Cl. The fraction of sp³-hybridized carbons (Fsp3) is 0.478. The number of morpholine rings is 1. The van der Waals surface area contributed by atoms with E-state index in [2.05, 4.69) is 9.88 Å². The van der Waals surface area contributed by atoms with Crippen LogP contribution in [0.15, 0.2) is 41.4 Å². The van der Waals surface area contributed by atoms with E-state index in [0.29, 0.717) is 18.8 Å². The third-order valence-corrected chi connectivity index (χ3v) is 8.21. The second-order valence-electron chi connectivity index (χ2n) is 8.69. The minimum absolute atomic E-state index is 0. The van der Waals surface area contributed by atoms with Crippen molar-refractivity contribution in [2.24, 2.45) is 0 Å². The van der Waals surface area contributed by atoms with E-state index in [-0.39, 0.29) is 42.8 Å². The van der Waals surface area contributed by atoms with Gasteiger partial charge in [0.25, 0.3) is 5.91 Å². The standard InChI is InChI=1S/C23H27F3N4O4S.ClH/c1-16-13-21(28-9-11-34-12-10-28)27-14-20(16)22(31)30-8-7-29(15-17(30)2)35(32,33)19-5-3-18(4-6-19)23(24,25)26;/h3-6,13-14,17H,7-12,15H2,1-2H3;1H/t17-;/m0./s1. The Bertz CT molecular complexity index is 1190. The number of pyridine rings is 1. The van der Waals surface area contributed by atoms with Crippen LogP contribution < -0.4 is 4.90 Å². The minimum Gasteiger partial charge on any atom is -0.378 e. The zero-order valence-corrected chi connectivity index (χ0v) is 21.5. The van der Waals surface area contributed by atoms with Gasteiger partial charge in [-0.3, -0.25) is 4.79 Å². The van der Waals surface area contributed by atoms with E-state index in [1.165, 1.54) is 4.31 Å². The van der Waals surface area contributed by atoms with E-state index >= 15 is 0 Å². The van der Waals surface area contributed by atoms with Crippen LogP contribution in [0, 0.1) is 6.92 Å². The Kier molecular flexibility index (Phi) is 8.54. The fourth-order valence-corrected chi connectivity index (χ4v) is 5.81. The number of rotatable bonds is 4. The Hall–Kier alpha value is -2.41. The maximum Gasteiger partial charge on any atom is 0.416 e. The summed E-state index contributed by atoms with van der Waals surface area (Å²) in [5.74, 6) is 0.547. The Balaban J connectivity index is 0.00000361. The molecule has 8 nitrogen and oxygen atoms in total. The van der Waals surface area contributed by atoms with Gasteiger partial charge in [0.2, 0.25) is 10.0 Å². The minimum atomic E-state index is -4.55. The summed E-state index contributed by atoms with van der Waals surface area (Å²) in [7, 11) is -4.00. The van der Waals surface area contributed by atoms with Gasteiger partial charge in [-0.15, -0.1) is 12.4 Å². The summed E-state index contributed by atoms with van der Waals surface area (Å²) >= 11 is 0. The number of hydrogen-bond acceptors (Lipinski definition) is 6. The molecule has 0 aliphatic carbocycles. The monoisotopic (exact) mass is 548 g/mol. The number of hydrogen-bond donors (Lipinski definition) is 0. The quantitative estimate of drug-likeness (QED) is 0.583. The highest BCUT2D eigenvalue weighted by molar-refractivity contribution is 7.89. The maximum atomic E-state index is 13.3. The lowest BCUT2D eigenvalue weighted by Crippen LogP contribution is -2.55. The van der Waals surface area contributed by atoms with Crippen molar-refractivity contribution in [2.75, 3.05) is 50.8 Å². The van der Waals surface area contributed by atoms with E-state index in [0.717, 1.165) is 48.7 Å². The van der Waals surface area contributed by atoms with Gasteiger partial charge in [-0.2, -0.15) is 17.5 Å². The highest BCUT2D eigenvalue weighted by atomic mass is 35.5. The smallest absolute Gasteiger partial charge is 0.378 e. The summed E-state index contributed by atoms with van der Waals surface area (Å²) < 4.78 is 71.0. The van der Waals surface area contributed by atoms with Gasteiger partial charge in [0.1, 0.15) is 5.82 Å². The summed E-state index contributed by atoms with van der Waals surface area (Å²) in [6.45, 7) is 6.52. The van der Waals surface area contributed by atoms with E-state index in [1.807, 2.05) is 13.0 Å². The first-order chi connectivity index (χ1) is 16.5. The van der Waals surface area contributed by atoms with Gasteiger partial charge >= 0.3 is 6.18 Å². The summed E-state index contributed by atoms with van der Waals surface area (Å²) in [6, 6.07) is 4.88. The molecule has 0 spiro atoms. The zero-order valence-electron chi connectivity index (χ0n) is 19.9. The van der Waals surface area contributed by atoms with Crippen molar-refractivity contribution < 1.29 is 31.1 Å². The van der Waals surface area contributed by atoms with Gasteiger partial charge in [-0.05, 0) is 49.7 Å². The molecule has 0 saturated carbocycles. The number of anilines is 1. The van der Waals surface area contributed by atoms with Crippen molar-refractivity contribution in [2.45, 2.75) is 31.0 Å². The second kappa shape index (κ2) is 10.9. The topological polar surface area (TPSA) is 83.1 Å². The van der Waals surface area contributed by atoms with Crippen molar-refractivity contribution in [1.82, 2.24) is 14.2 Å². The van der Waals surface area contributed by atoms with Crippen LogP contribution in [0.2, 0.25) is 0 Å². The van der Waals surface area contributed by atoms with Crippen LogP contribution in [0.4, 0.5) is 19.0 Å². The summed E-state index contributed by atoms with van der Waals surface area (Å²) in [5, 5.41) is 0. The number of alkyl halides is 3. The van der Waals surface area contributed by atoms with Gasteiger partial charge in [-0.1, -0.05) is 0 Å². The van der Waals surface area contributed by atoms with Crippen LogP contribution in [0.25, 0.3) is 0 Å².